The van der Waals surface area contributed by atoms with Crippen molar-refractivity contribution in [2.24, 2.45) is 0 Å². The van der Waals surface area contributed by atoms with E-state index >= 15 is 0 Å². The zero-order valence-electron chi connectivity index (χ0n) is 8.25. The monoisotopic (exact) mass is 222 g/mol. The number of rotatable bonds is 6. The fraction of sp³-hybridized carbons (Fsp3) is 0.750. The molecule has 0 rings (SSSR count). The van der Waals surface area contributed by atoms with Crippen LogP contribution in [0.5, 0.6) is 0 Å². The van der Waals surface area contributed by atoms with Crippen molar-refractivity contribution in [1.82, 2.24) is 0 Å². The molecule has 0 aliphatic carbocycles. The predicted octanol–water partition coefficient (Wildman–Crippen LogP) is -2.19. The van der Waals surface area contributed by atoms with Crippen LogP contribution in [-0.2, 0) is 19.1 Å². The Morgan fingerprint density at radius 2 is 1.93 bits per heavy atom. The van der Waals surface area contributed by atoms with Crippen molar-refractivity contribution in [3.05, 3.63) is 0 Å². The van der Waals surface area contributed by atoms with Crippen molar-refractivity contribution >= 4 is 11.9 Å². The highest BCUT2D eigenvalue weighted by Gasteiger charge is 2.17. The number of ether oxygens (including phenoxy) is 2. The van der Waals surface area contributed by atoms with Gasteiger partial charge < -0.3 is 24.8 Å². The maximum Gasteiger partial charge on any atom is 0.334 e. The molecule has 0 saturated carbocycles. The predicted molar refractivity (Wildman–Crippen MR) is 46.7 cm³/mol. The van der Waals surface area contributed by atoms with Crippen LogP contribution in [0.25, 0.3) is 0 Å². The summed E-state index contributed by atoms with van der Waals surface area (Å²) in [6.45, 7) is -0.512. The summed E-state index contributed by atoms with van der Waals surface area (Å²) in [5, 5.41) is 25.8. The fourth-order valence-electron chi connectivity index (χ4n) is 0.643. The molecular formula is C8H14O7. The molecule has 3 N–H and O–H groups in total. The minimum Gasteiger partial charge on any atom is -0.460 e. The van der Waals surface area contributed by atoms with E-state index in [1.54, 1.807) is 0 Å². The van der Waals surface area contributed by atoms with Crippen molar-refractivity contribution in [3.63, 3.8) is 0 Å². The molecule has 0 aliphatic heterocycles. The summed E-state index contributed by atoms with van der Waals surface area (Å²) in [6, 6.07) is 0. The zero-order chi connectivity index (χ0) is 11.8. The van der Waals surface area contributed by atoms with Gasteiger partial charge in [0, 0.05) is 0 Å². The fourth-order valence-corrected chi connectivity index (χ4v) is 0.643. The third-order valence-corrected chi connectivity index (χ3v) is 1.38. The molecule has 0 radical (unpaired) electrons. The second-order valence-electron chi connectivity index (χ2n) is 2.76. The normalized spacial score (nSPS) is 14.1. The summed E-state index contributed by atoms with van der Waals surface area (Å²) in [4.78, 5) is 21.4. The second kappa shape index (κ2) is 7.16. The third-order valence-electron chi connectivity index (χ3n) is 1.38. The average Bonchev–Trinajstić information content (AvgIpc) is 2.22. The van der Waals surface area contributed by atoms with E-state index < -0.39 is 37.4 Å². The van der Waals surface area contributed by atoms with Crippen LogP contribution < -0.4 is 0 Å². The maximum absolute atomic E-state index is 10.8. The van der Waals surface area contributed by atoms with Crippen LogP contribution >= 0.6 is 0 Å². The molecule has 0 heterocycles. The van der Waals surface area contributed by atoms with Crippen molar-refractivity contribution in [2.75, 3.05) is 19.8 Å². The lowest BCUT2D eigenvalue weighted by atomic mass is 10.4. The van der Waals surface area contributed by atoms with Gasteiger partial charge in [0.25, 0.3) is 0 Å². The molecule has 0 aliphatic rings. The largest absolute Gasteiger partial charge is 0.460 e. The van der Waals surface area contributed by atoms with E-state index in [1.807, 2.05) is 0 Å². The molecule has 15 heavy (non-hydrogen) atoms. The van der Waals surface area contributed by atoms with Gasteiger partial charge in [-0.05, 0) is 6.92 Å². The van der Waals surface area contributed by atoms with Gasteiger partial charge in [0.05, 0.1) is 6.61 Å². The summed E-state index contributed by atoms with van der Waals surface area (Å²) >= 11 is 0. The highest BCUT2D eigenvalue weighted by atomic mass is 16.6. The lowest BCUT2D eigenvalue weighted by Crippen LogP contribution is -2.31. The standard InChI is InChI=1S/C8H14O7/c1-5(11)8(13)14-4-6(2-9)15-7(12)3-10/h5-6,9-11H,2-4H2,1H3. The first-order valence-corrected chi connectivity index (χ1v) is 4.27. The summed E-state index contributed by atoms with van der Waals surface area (Å²) in [7, 11) is 0. The quantitative estimate of drug-likeness (QED) is 0.437. The molecule has 2 unspecified atom stereocenters. The van der Waals surface area contributed by atoms with Gasteiger partial charge in [-0.15, -0.1) is 0 Å². The summed E-state index contributed by atoms with van der Waals surface area (Å²) < 4.78 is 8.98. The number of hydrogen-bond acceptors (Lipinski definition) is 7. The molecular weight excluding hydrogens is 208 g/mol. The molecule has 0 bridgehead atoms. The van der Waals surface area contributed by atoms with Crippen LogP contribution in [0.1, 0.15) is 6.92 Å². The van der Waals surface area contributed by atoms with Crippen molar-refractivity contribution in [1.29, 1.82) is 0 Å². The van der Waals surface area contributed by atoms with E-state index in [2.05, 4.69) is 9.47 Å². The van der Waals surface area contributed by atoms with Gasteiger partial charge in [0.1, 0.15) is 19.3 Å². The molecule has 7 nitrogen and oxygen atoms in total. The number of carbonyl (C=O) groups is 2. The Bertz CT molecular complexity index is 213. The Morgan fingerprint density at radius 3 is 2.33 bits per heavy atom. The smallest absolute Gasteiger partial charge is 0.334 e. The Hall–Kier alpha value is -1.18. The second-order valence-corrected chi connectivity index (χ2v) is 2.76. The number of aliphatic hydroxyl groups is 3. The van der Waals surface area contributed by atoms with Crippen LogP contribution in [0.2, 0.25) is 0 Å². The Balaban J connectivity index is 3.90. The number of aliphatic hydroxyl groups excluding tert-OH is 3. The van der Waals surface area contributed by atoms with Gasteiger partial charge in [-0.2, -0.15) is 0 Å². The molecule has 0 spiro atoms. The lowest BCUT2D eigenvalue weighted by molar-refractivity contribution is -0.167. The van der Waals surface area contributed by atoms with Crippen molar-refractivity contribution < 1.29 is 34.4 Å². The number of hydrogen-bond donors (Lipinski definition) is 3. The molecule has 2 atom stereocenters. The SMILES string of the molecule is CC(O)C(=O)OCC(CO)OC(=O)CO. The van der Waals surface area contributed by atoms with Crippen molar-refractivity contribution in [2.45, 2.75) is 19.1 Å². The summed E-state index contributed by atoms with van der Waals surface area (Å²) in [6.07, 6.45) is -2.31. The lowest BCUT2D eigenvalue weighted by Gasteiger charge is -2.15. The van der Waals surface area contributed by atoms with Gasteiger partial charge >= 0.3 is 11.9 Å². The highest BCUT2D eigenvalue weighted by Crippen LogP contribution is 1.96. The van der Waals surface area contributed by atoms with E-state index in [1.165, 1.54) is 6.92 Å². The number of carbonyl (C=O) groups excluding carboxylic acids is 2. The summed E-state index contributed by atoms with van der Waals surface area (Å²) in [5.74, 6) is -1.81. The molecule has 0 saturated heterocycles. The minimum atomic E-state index is -1.28. The first-order valence-electron chi connectivity index (χ1n) is 4.27. The molecule has 0 aromatic carbocycles. The van der Waals surface area contributed by atoms with Crippen LogP contribution in [0, 0.1) is 0 Å². The topological polar surface area (TPSA) is 113 Å². The third kappa shape index (κ3) is 6.00. The molecule has 0 aromatic heterocycles. The highest BCUT2D eigenvalue weighted by molar-refractivity contribution is 5.74. The van der Waals surface area contributed by atoms with E-state index in [9.17, 15) is 9.59 Å². The van der Waals surface area contributed by atoms with E-state index in [4.69, 9.17) is 15.3 Å². The van der Waals surface area contributed by atoms with E-state index in [-0.39, 0.29) is 6.61 Å². The van der Waals surface area contributed by atoms with Crippen LogP contribution in [-0.4, -0.2) is 59.3 Å². The van der Waals surface area contributed by atoms with Crippen LogP contribution in [0.15, 0.2) is 0 Å². The van der Waals surface area contributed by atoms with Gasteiger partial charge in [0.15, 0.2) is 6.10 Å². The van der Waals surface area contributed by atoms with E-state index in [0.29, 0.717) is 0 Å². The Labute approximate surface area is 86.2 Å². The van der Waals surface area contributed by atoms with Gasteiger partial charge in [0.2, 0.25) is 0 Å². The molecule has 7 heteroatoms. The van der Waals surface area contributed by atoms with Gasteiger partial charge in [-0.25, -0.2) is 9.59 Å². The molecule has 0 aromatic rings. The molecule has 88 valence electrons. The first-order chi connectivity index (χ1) is 7.01. The van der Waals surface area contributed by atoms with Crippen LogP contribution in [0.4, 0.5) is 0 Å². The molecule has 0 fully saturated rings. The Morgan fingerprint density at radius 1 is 1.33 bits per heavy atom. The first kappa shape index (κ1) is 13.8. The molecule has 0 amide bonds. The van der Waals surface area contributed by atoms with E-state index in [0.717, 1.165) is 0 Å². The summed E-state index contributed by atoms with van der Waals surface area (Å²) in [5.41, 5.74) is 0. The van der Waals surface area contributed by atoms with Crippen molar-refractivity contribution in [3.8, 4) is 0 Å². The zero-order valence-corrected chi connectivity index (χ0v) is 8.25. The maximum atomic E-state index is 10.8. The Kier molecular flexibility index (Phi) is 6.59. The number of esters is 2. The average molecular weight is 222 g/mol. The van der Waals surface area contributed by atoms with Crippen LogP contribution in [0.3, 0.4) is 0 Å². The van der Waals surface area contributed by atoms with Gasteiger partial charge in [-0.3, -0.25) is 0 Å². The van der Waals surface area contributed by atoms with Gasteiger partial charge in [-0.1, -0.05) is 0 Å². The minimum absolute atomic E-state index is 0.369.